The minimum atomic E-state index is -0.383. The van der Waals surface area contributed by atoms with E-state index in [1.165, 1.54) is 4.90 Å². The van der Waals surface area contributed by atoms with Crippen LogP contribution < -0.4 is 14.8 Å². The van der Waals surface area contributed by atoms with Crippen molar-refractivity contribution in [1.29, 1.82) is 5.26 Å². The van der Waals surface area contributed by atoms with Gasteiger partial charge in [-0.15, -0.1) is 0 Å². The molecule has 0 radical (unpaired) electrons. The van der Waals surface area contributed by atoms with Crippen molar-refractivity contribution in [2.75, 3.05) is 25.2 Å². The van der Waals surface area contributed by atoms with Gasteiger partial charge in [0.05, 0.1) is 18.2 Å². The van der Waals surface area contributed by atoms with Gasteiger partial charge < -0.3 is 29.0 Å². The van der Waals surface area contributed by atoms with E-state index >= 15 is 0 Å². The number of amides is 3. The maximum Gasteiger partial charge on any atom is 0.322 e. The lowest BCUT2D eigenvalue weighted by atomic mass is 10.2. The number of aryl methyl sites for hydroxylation is 1. The molecule has 0 unspecified atom stereocenters. The molecular weight excluding hydrogens is 460 g/mol. The zero-order valence-corrected chi connectivity index (χ0v) is 20.3. The molecule has 3 amide bonds. The molecule has 0 atom stereocenters. The third-order valence-corrected chi connectivity index (χ3v) is 5.68. The number of furan rings is 1. The Morgan fingerprint density at radius 1 is 1.00 bits per heavy atom. The molecule has 1 aliphatic heterocycles. The van der Waals surface area contributed by atoms with Gasteiger partial charge in [0.15, 0.2) is 11.5 Å². The van der Waals surface area contributed by atoms with E-state index in [-0.39, 0.29) is 31.8 Å². The topological polar surface area (TPSA) is 108 Å². The number of nitriles is 1. The predicted octanol–water partition coefficient (Wildman–Crippen LogP) is 4.66. The lowest BCUT2D eigenvalue weighted by Crippen LogP contribution is -2.44. The standard InChI is InChI=1S/C27H28N4O5/c1-3-12-30(27(33)29-22-8-5-20(14-28)6-9-22)17-26(32)31(16-23-10-4-19(2)36-23)15-21-7-11-24-25(13-21)35-18-34-24/h4-11,13H,3,12,15-18H2,1-2H3,(H,29,33). The number of fused-ring (bicyclic) bond motifs is 1. The first-order valence-corrected chi connectivity index (χ1v) is 11.7. The first-order valence-electron chi connectivity index (χ1n) is 11.7. The SMILES string of the molecule is CCCN(CC(=O)N(Cc1ccc2c(c1)OCO2)Cc1ccc(C)o1)C(=O)Nc1ccc(C#N)cc1. The van der Waals surface area contributed by atoms with Gasteiger partial charge in [-0.1, -0.05) is 13.0 Å². The quantitative estimate of drug-likeness (QED) is 0.469. The van der Waals surface area contributed by atoms with E-state index in [0.29, 0.717) is 48.0 Å². The molecule has 0 fully saturated rings. The molecule has 1 N–H and O–H groups in total. The summed E-state index contributed by atoms with van der Waals surface area (Å²) in [5.41, 5.74) is 1.93. The molecule has 9 nitrogen and oxygen atoms in total. The first-order chi connectivity index (χ1) is 17.4. The van der Waals surface area contributed by atoms with Gasteiger partial charge in [0.1, 0.15) is 18.1 Å². The van der Waals surface area contributed by atoms with Gasteiger partial charge in [-0.2, -0.15) is 5.26 Å². The fourth-order valence-corrected chi connectivity index (χ4v) is 3.87. The summed E-state index contributed by atoms with van der Waals surface area (Å²) in [5, 5.41) is 11.8. The second-order valence-corrected chi connectivity index (χ2v) is 8.49. The number of benzene rings is 2. The normalized spacial score (nSPS) is 11.6. The van der Waals surface area contributed by atoms with Crippen LogP contribution in [-0.2, 0) is 17.9 Å². The Hall–Kier alpha value is -4.45. The summed E-state index contributed by atoms with van der Waals surface area (Å²) in [6, 6.07) is 17.5. The van der Waals surface area contributed by atoms with Gasteiger partial charge in [0.25, 0.3) is 0 Å². The van der Waals surface area contributed by atoms with Gasteiger partial charge in [-0.3, -0.25) is 4.79 Å². The number of rotatable bonds is 9. The largest absolute Gasteiger partial charge is 0.464 e. The second-order valence-electron chi connectivity index (χ2n) is 8.49. The van der Waals surface area contributed by atoms with Crippen molar-refractivity contribution in [3.8, 4) is 17.6 Å². The minimum absolute atomic E-state index is 0.0970. The highest BCUT2D eigenvalue weighted by Gasteiger charge is 2.23. The van der Waals surface area contributed by atoms with Crippen molar-refractivity contribution in [2.45, 2.75) is 33.4 Å². The molecule has 1 aliphatic rings. The van der Waals surface area contributed by atoms with Crippen molar-refractivity contribution in [1.82, 2.24) is 9.80 Å². The van der Waals surface area contributed by atoms with Crippen LogP contribution in [-0.4, -0.2) is 41.6 Å². The number of hydrogen-bond donors (Lipinski definition) is 1. The van der Waals surface area contributed by atoms with Crippen LogP contribution in [0.25, 0.3) is 0 Å². The Balaban J connectivity index is 1.49. The average Bonchev–Trinajstić information content (AvgIpc) is 3.51. The number of urea groups is 1. The van der Waals surface area contributed by atoms with E-state index in [9.17, 15) is 9.59 Å². The molecule has 4 rings (SSSR count). The molecule has 1 aromatic heterocycles. The number of nitrogens with one attached hydrogen (secondary N) is 1. The fraction of sp³-hybridized carbons (Fsp3) is 0.296. The van der Waals surface area contributed by atoms with Crippen LogP contribution in [0.3, 0.4) is 0 Å². The van der Waals surface area contributed by atoms with Crippen LogP contribution in [0.2, 0.25) is 0 Å². The van der Waals surface area contributed by atoms with E-state index in [0.717, 1.165) is 11.3 Å². The fourth-order valence-electron chi connectivity index (χ4n) is 3.87. The molecule has 2 heterocycles. The molecule has 9 heteroatoms. The van der Waals surface area contributed by atoms with Crippen molar-refractivity contribution in [3.63, 3.8) is 0 Å². The lowest BCUT2D eigenvalue weighted by Gasteiger charge is -2.27. The van der Waals surface area contributed by atoms with E-state index in [4.69, 9.17) is 19.2 Å². The second kappa shape index (κ2) is 11.3. The molecule has 0 aliphatic carbocycles. The zero-order valence-electron chi connectivity index (χ0n) is 20.3. The summed E-state index contributed by atoms with van der Waals surface area (Å²) in [6.45, 7) is 4.86. The highest BCUT2D eigenvalue weighted by Crippen LogP contribution is 2.33. The molecular formula is C27H28N4O5. The summed E-state index contributed by atoms with van der Waals surface area (Å²) in [5.74, 6) is 2.51. The summed E-state index contributed by atoms with van der Waals surface area (Å²) in [4.78, 5) is 29.6. The molecule has 2 aromatic carbocycles. The number of anilines is 1. The summed E-state index contributed by atoms with van der Waals surface area (Å²) in [6.07, 6.45) is 0.688. The summed E-state index contributed by atoms with van der Waals surface area (Å²) < 4.78 is 16.6. The maximum absolute atomic E-state index is 13.5. The highest BCUT2D eigenvalue weighted by atomic mass is 16.7. The Labute approximate surface area is 209 Å². The Bertz CT molecular complexity index is 1260. The number of carbonyl (C=O) groups is 2. The molecule has 186 valence electrons. The Kier molecular flexibility index (Phi) is 7.75. The lowest BCUT2D eigenvalue weighted by molar-refractivity contribution is -0.133. The van der Waals surface area contributed by atoms with Gasteiger partial charge in [0.2, 0.25) is 12.7 Å². The average molecular weight is 489 g/mol. The van der Waals surface area contributed by atoms with Crippen LogP contribution in [0, 0.1) is 18.3 Å². The molecule has 3 aromatic rings. The van der Waals surface area contributed by atoms with Gasteiger partial charge >= 0.3 is 6.03 Å². The third kappa shape index (κ3) is 6.16. The first kappa shape index (κ1) is 24.7. The smallest absolute Gasteiger partial charge is 0.322 e. The van der Waals surface area contributed by atoms with Crippen molar-refractivity contribution < 1.29 is 23.5 Å². The van der Waals surface area contributed by atoms with Gasteiger partial charge in [-0.05, 0) is 67.4 Å². The molecule has 0 saturated heterocycles. The highest BCUT2D eigenvalue weighted by molar-refractivity contribution is 5.92. The number of carbonyl (C=O) groups excluding carboxylic acids is 2. The zero-order chi connectivity index (χ0) is 25.5. The van der Waals surface area contributed by atoms with Crippen LogP contribution in [0.1, 0.15) is 36.0 Å². The predicted molar refractivity (Wildman–Crippen MR) is 132 cm³/mol. The summed E-state index contributed by atoms with van der Waals surface area (Å²) in [7, 11) is 0. The van der Waals surface area contributed by atoms with Crippen LogP contribution in [0.5, 0.6) is 11.5 Å². The third-order valence-electron chi connectivity index (χ3n) is 5.68. The molecule has 0 bridgehead atoms. The monoisotopic (exact) mass is 488 g/mol. The van der Waals surface area contributed by atoms with E-state index in [2.05, 4.69) is 5.32 Å². The van der Waals surface area contributed by atoms with E-state index < -0.39 is 0 Å². The Morgan fingerprint density at radius 3 is 2.47 bits per heavy atom. The van der Waals surface area contributed by atoms with Crippen LogP contribution in [0.15, 0.2) is 59.0 Å². The van der Waals surface area contributed by atoms with Gasteiger partial charge in [-0.25, -0.2) is 4.79 Å². The van der Waals surface area contributed by atoms with Crippen molar-refractivity contribution >= 4 is 17.6 Å². The van der Waals surface area contributed by atoms with Crippen LogP contribution in [0.4, 0.5) is 10.5 Å². The van der Waals surface area contributed by atoms with Crippen molar-refractivity contribution in [2.24, 2.45) is 0 Å². The van der Waals surface area contributed by atoms with E-state index in [1.54, 1.807) is 29.2 Å². The Morgan fingerprint density at radius 2 is 1.78 bits per heavy atom. The number of hydrogen-bond acceptors (Lipinski definition) is 6. The van der Waals surface area contributed by atoms with Crippen LogP contribution >= 0.6 is 0 Å². The summed E-state index contributed by atoms with van der Waals surface area (Å²) >= 11 is 0. The maximum atomic E-state index is 13.5. The molecule has 36 heavy (non-hydrogen) atoms. The number of nitrogens with zero attached hydrogens (tertiary/aromatic N) is 3. The minimum Gasteiger partial charge on any atom is -0.464 e. The molecule has 0 spiro atoms. The van der Waals surface area contributed by atoms with Crippen molar-refractivity contribution in [3.05, 3.63) is 77.2 Å². The number of ether oxygens (including phenoxy) is 2. The molecule has 0 saturated carbocycles. The van der Waals surface area contributed by atoms with E-state index in [1.807, 2.05) is 50.2 Å². The van der Waals surface area contributed by atoms with Gasteiger partial charge in [0, 0.05) is 18.8 Å².